The third kappa shape index (κ3) is 7.21. The maximum absolute atomic E-state index is 12.5. The highest BCUT2D eigenvalue weighted by Crippen LogP contribution is 2.27. The maximum atomic E-state index is 12.5. The number of rotatable bonds is 9. The zero-order valence-corrected chi connectivity index (χ0v) is 19.5. The number of nitrogens with one attached hydrogen (secondary N) is 2. The van der Waals surface area contributed by atoms with Crippen LogP contribution >= 0.6 is 0 Å². The van der Waals surface area contributed by atoms with Crippen LogP contribution in [0.4, 0.5) is 0 Å². The van der Waals surface area contributed by atoms with Crippen molar-refractivity contribution in [2.75, 3.05) is 6.54 Å². The summed E-state index contributed by atoms with van der Waals surface area (Å²) in [7, 11) is 0. The zero-order valence-electron chi connectivity index (χ0n) is 19.5. The van der Waals surface area contributed by atoms with E-state index in [0.29, 0.717) is 24.2 Å². The number of benzene rings is 2. The van der Waals surface area contributed by atoms with E-state index in [1.54, 1.807) is 24.3 Å². The van der Waals surface area contributed by atoms with E-state index < -0.39 is 5.60 Å². The number of amides is 1. The summed E-state index contributed by atoms with van der Waals surface area (Å²) >= 11 is 0. The van der Waals surface area contributed by atoms with Crippen LogP contribution in [-0.2, 0) is 9.53 Å². The highest BCUT2D eigenvalue weighted by atomic mass is 16.6. The molecule has 0 bridgehead atoms. The molecule has 0 aliphatic rings. The first-order chi connectivity index (χ1) is 15.7. The van der Waals surface area contributed by atoms with Crippen LogP contribution in [0.1, 0.15) is 74.0 Å². The summed E-state index contributed by atoms with van der Waals surface area (Å²) in [6.07, 6.45) is 2.86. The molecule has 1 heterocycles. The molecule has 0 aliphatic heterocycles. The first kappa shape index (κ1) is 24.1. The van der Waals surface area contributed by atoms with Crippen LogP contribution in [0.5, 0.6) is 0 Å². The van der Waals surface area contributed by atoms with Gasteiger partial charge in [-0.1, -0.05) is 36.8 Å². The number of nitriles is 1. The van der Waals surface area contributed by atoms with Crippen molar-refractivity contribution in [1.82, 2.24) is 10.3 Å². The number of unbranched alkanes of at least 4 members (excludes halogenated alkanes) is 1. The smallest absolute Gasteiger partial charge is 0.306 e. The molecular formula is C27H31N3O3. The second kappa shape index (κ2) is 10.8. The minimum Gasteiger partial charge on any atom is -0.460 e. The van der Waals surface area contributed by atoms with Crippen molar-refractivity contribution < 1.29 is 14.3 Å². The largest absolute Gasteiger partial charge is 0.460 e. The molecular weight excluding hydrogens is 414 g/mol. The van der Waals surface area contributed by atoms with E-state index in [1.807, 2.05) is 51.1 Å². The van der Waals surface area contributed by atoms with Crippen LogP contribution < -0.4 is 5.32 Å². The third-order valence-corrected chi connectivity index (χ3v) is 5.36. The van der Waals surface area contributed by atoms with E-state index in [2.05, 4.69) is 16.4 Å². The van der Waals surface area contributed by atoms with Gasteiger partial charge in [0, 0.05) is 17.4 Å². The van der Waals surface area contributed by atoms with Crippen LogP contribution in [0.25, 0.3) is 10.9 Å². The number of carbonyl (C=O) groups excluding carboxylic acids is 2. The molecule has 0 radical (unpaired) electrons. The number of aromatic nitrogens is 1. The lowest BCUT2D eigenvalue weighted by molar-refractivity contribution is -0.155. The molecule has 6 nitrogen and oxygen atoms in total. The van der Waals surface area contributed by atoms with E-state index in [1.165, 1.54) is 0 Å². The summed E-state index contributed by atoms with van der Waals surface area (Å²) in [6, 6.07) is 19.2. The van der Waals surface area contributed by atoms with Gasteiger partial charge < -0.3 is 15.0 Å². The average Bonchev–Trinajstić information content (AvgIpc) is 3.20. The Morgan fingerprint density at radius 2 is 1.85 bits per heavy atom. The zero-order chi connectivity index (χ0) is 23.8. The van der Waals surface area contributed by atoms with E-state index in [4.69, 9.17) is 10.00 Å². The number of aromatic amines is 1. The first-order valence-corrected chi connectivity index (χ1v) is 11.3. The second-order valence-corrected chi connectivity index (χ2v) is 9.25. The highest BCUT2D eigenvalue weighted by molar-refractivity contribution is 5.98. The molecule has 0 fully saturated rings. The van der Waals surface area contributed by atoms with Gasteiger partial charge in [0.15, 0.2) is 0 Å². The number of nitrogens with zero attached hydrogens (tertiary/aromatic N) is 1. The van der Waals surface area contributed by atoms with Crippen LogP contribution in [-0.4, -0.2) is 29.0 Å². The number of hydrogen-bond donors (Lipinski definition) is 2. The quantitative estimate of drug-likeness (QED) is 0.338. The molecule has 3 rings (SSSR count). The summed E-state index contributed by atoms with van der Waals surface area (Å²) < 4.78 is 5.52. The second-order valence-electron chi connectivity index (χ2n) is 9.25. The van der Waals surface area contributed by atoms with Gasteiger partial charge in [-0.3, -0.25) is 9.59 Å². The van der Waals surface area contributed by atoms with Gasteiger partial charge >= 0.3 is 5.97 Å². The van der Waals surface area contributed by atoms with Crippen molar-refractivity contribution in [2.45, 2.75) is 58.0 Å². The third-order valence-electron chi connectivity index (χ3n) is 5.36. The van der Waals surface area contributed by atoms with Crippen LogP contribution in [0, 0.1) is 11.3 Å². The number of carbonyl (C=O) groups is 2. The van der Waals surface area contributed by atoms with Crippen molar-refractivity contribution in [3.8, 4) is 6.07 Å². The topological polar surface area (TPSA) is 95.0 Å². The minimum atomic E-state index is -0.499. The van der Waals surface area contributed by atoms with Gasteiger partial charge in [-0.25, -0.2) is 0 Å². The Balaban J connectivity index is 1.50. The average molecular weight is 446 g/mol. The maximum Gasteiger partial charge on any atom is 0.306 e. The predicted octanol–water partition coefficient (Wildman–Crippen LogP) is 5.46. The van der Waals surface area contributed by atoms with Crippen LogP contribution in [0.2, 0.25) is 0 Å². The molecule has 3 aromatic rings. The monoisotopic (exact) mass is 445 g/mol. The van der Waals surface area contributed by atoms with Crippen molar-refractivity contribution in [3.63, 3.8) is 0 Å². The molecule has 2 N–H and O–H groups in total. The van der Waals surface area contributed by atoms with Crippen molar-refractivity contribution in [1.29, 1.82) is 5.26 Å². The van der Waals surface area contributed by atoms with E-state index in [-0.39, 0.29) is 17.8 Å². The van der Waals surface area contributed by atoms with E-state index in [9.17, 15) is 9.59 Å². The van der Waals surface area contributed by atoms with Crippen molar-refractivity contribution in [2.24, 2.45) is 0 Å². The molecule has 172 valence electrons. The molecule has 1 aromatic heterocycles. The molecule has 1 unspecified atom stereocenters. The molecule has 0 saturated heterocycles. The Morgan fingerprint density at radius 3 is 2.55 bits per heavy atom. The van der Waals surface area contributed by atoms with Crippen molar-refractivity contribution in [3.05, 3.63) is 71.4 Å². The molecule has 1 amide bonds. The number of hydrogen-bond acceptors (Lipinski definition) is 4. The van der Waals surface area contributed by atoms with Gasteiger partial charge in [0.05, 0.1) is 18.1 Å². The van der Waals surface area contributed by atoms with Gasteiger partial charge in [0.1, 0.15) is 11.3 Å². The summed E-state index contributed by atoms with van der Waals surface area (Å²) in [6.45, 7) is 6.17. The highest BCUT2D eigenvalue weighted by Gasteiger charge is 2.21. The lowest BCUT2D eigenvalue weighted by Gasteiger charge is -2.22. The van der Waals surface area contributed by atoms with Gasteiger partial charge in [-0.2, -0.15) is 5.26 Å². The van der Waals surface area contributed by atoms with E-state index in [0.717, 1.165) is 35.7 Å². The summed E-state index contributed by atoms with van der Waals surface area (Å²) in [5, 5.41) is 12.8. The molecule has 33 heavy (non-hydrogen) atoms. The lowest BCUT2D eigenvalue weighted by atomic mass is 9.90. The van der Waals surface area contributed by atoms with Crippen LogP contribution in [0.15, 0.2) is 54.6 Å². The normalized spacial score (nSPS) is 12.2. The van der Waals surface area contributed by atoms with Gasteiger partial charge in [0.25, 0.3) is 5.91 Å². The summed E-state index contributed by atoms with van der Waals surface area (Å²) in [4.78, 5) is 28.0. The molecule has 0 aliphatic carbocycles. The summed E-state index contributed by atoms with van der Waals surface area (Å²) in [5.41, 5.74) is 2.50. The Kier molecular flexibility index (Phi) is 7.89. The van der Waals surface area contributed by atoms with E-state index >= 15 is 0 Å². The Hall–Kier alpha value is -3.59. The lowest BCUT2D eigenvalue weighted by Crippen LogP contribution is -2.25. The SMILES string of the molecule is CC(C)(C)OC(=O)CC(CCCCNC(=O)c1cc2cc(C#N)ccc2[nH]1)c1ccccc1. The molecule has 0 saturated carbocycles. The molecule has 1 atom stereocenters. The van der Waals surface area contributed by atoms with Crippen molar-refractivity contribution >= 4 is 22.8 Å². The molecule has 0 spiro atoms. The fourth-order valence-electron chi connectivity index (χ4n) is 3.83. The minimum absolute atomic E-state index is 0.0831. The van der Waals surface area contributed by atoms with Gasteiger partial charge in [-0.05, 0) is 69.4 Å². The molecule has 2 aromatic carbocycles. The number of fused-ring (bicyclic) bond motifs is 1. The fraction of sp³-hybridized carbons (Fsp3) is 0.370. The Bertz CT molecular complexity index is 1140. The molecule has 6 heteroatoms. The number of ether oxygens (including phenoxy) is 1. The Morgan fingerprint density at radius 1 is 1.09 bits per heavy atom. The standard InChI is InChI=1S/C27H31N3O3/c1-27(2,3)33-25(31)17-21(20-9-5-4-6-10-20)11-7-8-14-29-26(32)24-16-22-15-19(18-28)12-13-23(22)30-24/h4-6,9-10,12-13,15-16,21,30H,7-8,11,14,17H2,1-3H3,(H,29,32). The van der Waals surface area contributed by atoms with Gasteiger partial charge in [0.2, 0.25) is 0 Å². The summed E-state index contributed by atoms with van der Waals surface area (Å²) in [5.74, 6) is -0.277. The van der Waals surface area contributed by atoms with Crippen LogP contribution in [0.3, 0.4) is 0 Å². The number of H-pyrrole nitrogens is 1. The number of esters is 1. The predicted molar refractivity (Wildman–Crippen MR) is 129 cm³/mol. The fourth-order valence-corrected chi connectivity index (χ4v) is 3.83. The van der Waals surface area contributed by atoms with Gasteiger partial charge in [-0.15, -0.1) is 0 Å². The first-order valence-electron chi connectivity index (χ1n) is 11.3. The Labute approximate surface area is 195 Å².